The van der Waals surface area contributed by atoms with Crippen molar-refractivity contribution in [1.82, 2.24) is 15.2 Å². The Labute approximate surface area is 146 Å². The van der Waals surface area contributed by atoms with E-state index in [1.54, 1.807) is 12.0 Å². The number of methoxy groups -OCH3 is 1. The number of carbonyl (C=O) groups is 1. The van der Waals surface area contributed by atoms with Crippen molar-refractivity contribution in [1.29, 1.82) is 0 Å². The van der Waals surface area contributed by atoms with Crippen molar-refractivity contribution in [3.05, 3.63) is 46.4 Å². The van der Waals surface area contributed by atoms with Gasteiger partial charge in [0.2, 0.25) is 0 Å². The van der Waals surface area contributed by atoms with Gasteiger partial charge < -0.3 is 19.7 Å². The summed E-state index contributed by atoms with van der Waals surface area (Å²) in [5, 5.41) is 5.66. The van der Waals surface area contributed by atoms with Gasteiger partial charge >= 0.3 is 6.03 Å². The summed E-state index contributed by atoms with van der Waals surface area (Å²) < 4.78 is 10.8. The van der Waals surface area contributed by atoms with Crippen molar-refractivity contribution in [2.24, 2.45) is 0 Å². The molecule has 0 aliphatic heterocycles. The average molecular weight is 349 g/mol. The van der Waals surface area contributed by atoms with Crippen molar-refractivity contribution in [3.63, 3.8) is 0 Å². The molecule has 130 valence electrons. The van der Waals surface area contributed by atoms with Crippen molar-refractivity contribution in [2.45, 2.75) is 20.1 Å². The van der Waals surface area contributed by atoms with E-state index in [1.165, 1.54) is 11.3 Å². The number of carbonyl (C=O) groups excluding carboxylic acids is 1. The van der Waals surface area contributed by atoms with E-state index in [1.807, 2.05) is 42.6 Å². The Morgan fingerprint density at radius 2 is 2.12 bits per heavy atom. The molecule has 0 aliphatic carbocycles. The Kier molecular flexibility index (Phi) is 7.51. The average Bonchev–Trinajstić information content (AvgIpc) is 3.05. The van der Waals surface area contributed by atoms with Crippen LogP contribution < -0.4 is 10.1 Å². The maximum absolute atomic E-state index is 12.1. The van der Waals surface area contributed by atoms with Crippen LogP contribution in [0.2, 0.25) is 0 Å². The lowest BCUT2D eigenvalue weighted by Gasteiger charge is -2.21. The Bertz CT molecular complexity index is 619. The number of hydrogen-bond donors (Lipinski definition) is 1. The molecule has 1 aromatic heterocycles. The molecule has 0 bridgehead atoms. The normalized spacial score (nSPS) is 10.4. The molecule has 0 saturated carbocycles. The zero-order chi connectivity index (χ0) is 17.2. The molecule has 7 heteroatoms. The van der Waals surface area contributed by atoms with Crippen LogP contribution in [0.15, 0.2) is 35.7 Å². The quantitative estimate of drug-likeness (QED) is 0.756. The number of amides is 2. The first-order valence-electron chi connectivity index (χ1n) is 7.85. The van der Waals surface area contributed by atoms with E-state index in [-0.39, 0.29) is 6.03 Å². The number of aromatic nitrogens is 1. The van der Waals surface area contributed by atoms with Gasteiger partial charge in [-0.1, -0.05) is 18.2 Å². The molecule has 2 rings (SSSR count). The summed E-state index contributed by atoms with van der Waals surface area (Å²) in [5.41, 5.74) is 0.856. The minimum absolute atomic E-state index is 0.107. The van der Waals surface area contributed by atoms with Crippen molar-refractivity contribution >= 4 is 17.4 Å². The van der Waals surface area contributed by atoms with Gasteiger partial charge in [-0.05, 0) is 19.1 Å². The second kappa shape index (κ2) is 9.89. The van der Waals surface area contributed by atoms with E-state index in [4.69, 9.17) is 9.47 Å². The van der Waals surface area contributed by atoms with E-state index in [0.717, 1.165) is 16.5 Å². The Morgan fingerprint density at radius 3 is 2.83 bits per heavy atom. The molecular weight excluding hydrogens is 326 g/mol. The van der Waals surface area contributed by atoms with Crippen LogP contribution in [0.4, 0.5) is 4.79 Å². The van der Waals surface area contributed by atoms with Crippen molar-refractivity contribution < 1.29 is 14.3 Å². The summed E-state index contributed by atoms with van der Waals surface area (Å²) in [7, 11) is 1.62. The highest BCUT2D eigenvalue weighted by molar-refractivity contribution is 7.09. The summed E-state index contributed by atoms with van der Waals surface area (Å²) in [6, 6.07) is 9.53. The summed E-state index contributed by atoms with van der Waals surface area (Å²) in [5.74, 6) is 0.818. The number of thiazole rings is 1. The first kappa shape index (κ1) is 18.2. The van der Waals surface area contributed by atoms with Crippen LogP contribution in [-0.4, -0.2) is 42.7 Å². The maximum Gasteiger partial charge on any atom is 0.317 e. The molecule has 0 fully saturated rings. The number of nitrogens with one attached hydrogen (secondary N) is 1. The maximum atomic E-state index is 12.1. The van der Waals surface area contributed by atoms with Gasteiger partial charge in [-0.25, -0.2) is 9.78 Å². The van der Waals surface area contributed by atoms with Crippen LogP contribution in [0, 0.1) is 0 Å². The minimum atomic E-state index is -0.107. The van der Waals surface area contributed by atoms with Crippen molar-refractivity contribution in [2.75, 3.05) is 26.8 Å². The first-order chi connectivity index (χ1) is 11.7. The first-order valence-corrected chi connectivity index (χ1v) is 8.73. The number of nitrogens with zero attached hydrogens (tertiary/aromatic N) is 2. The summed E-state index contributed by atoms with van der Waals surface area (Å²) >= 11 is 1.53. The lowest BCUT2D eigenvalue weighted by Crippen LogP contribution is -2.41. The fourth-order valence-electron chi connectivity index (χ4n) is 2.06. The monoisotopic (exact) mass is 349 g/mol. The molecular formula is C17H23N3O3S. The third kappa shape index (κ3) is 5.82. The third-order valence-corrected chi connectivity index (χ3v) is 4.11. The number of rotatable bonds is 9. The smallest absolute Gasteiger partial charge is 0.317 e. The molecule has 24 heavy (non-hydrogen) atoms. The van der Waals surface area contributed by atoms with Gasteiger partial charge in [-0.2, -0.15) is 0 Å². The van der Waals surface area contributed by atoms with Gasteiger partial charge in [0.05, 0.1) is 18.8 Å². The fourth-order valence-corrected chi connectivity index (χ4v) is 2.76. The van der Waals surface area contributed by atoms with Crippen LogP contribution in [0.5, 0.6) is 5.75 Å². The molecule has 1 heterocycles. The predicted molar refractivity (Wildman–Crippen MR) is 94.2 cm³/mol. The zero-order valence-corrected chi connectivity index (χ0v) is 14.8. The molecule has 0 aliphatic rings. The highest BCUT2D eigenvalue weighted by Gasteiger charge is 2.14. The molecule has 0 unspecified atom stereocenters. The summed E-state index contributed by atoms with van der Waals surface area (Å²) in [4.78, 5) is 18.3. The Hall–Kier alpha value is -2.12. The molecule has 0 radical (unpaired) electrons. The molecule has 0 spiro atoms. The second-order valence-electron chi connectivity index (χ2n) is 5.08. The van der Waals surface area contributed by atoms with Gasteiger partial charge in [0.15, 0.2) is 0 Å². The van der Waals surface area contributed by atoms with Gasteiger partial charge in [-0.3, -0.25) is 0 Å². The van der Waals surface area contributed by atoms with Gasteiger partial charge in [0.25, 0.3) is 0 Å². The van der Waals surface area contributed by atoms with Gasteiger partial charge in [-0.15, -0.1) is 11.3 Å². The van der Waals surface area contributed by atoms with Crippen LogP contribution in [0.1, 0.15) is 17.6 Å². The fraction of sp³-hybridized carbons (Fsp3) is 0.412. The van der Waals surface area contributed by atoms with Crippen LogP contribution in [-0.2, 0) is 17.9 Å². The molecule has 6 nitrogen and oxygen atoms in total. The number of urea groups is 1. The molecule has 0 saturated heterocycles. The third-order valence-electron chi connectivity index (χ3n) is 3.24. The Balaban J connectivity index is 1.91. The van der Waals surface area contributed by atoms with E-state index < -0.39 is 0 Å². The van der Waals surface area contributed by atoms with Gasteiger partial charge in [0.1, 0.15) is 17.4 Å². The van der Waals surface area contributed by atoms with Crippen LogP contribution in [0.25, 0.3) is 0 Å². The highest BCUT2D eigenvalue weighted by atomic mass is 32.1. The largest absolute Gasteiger partial charge is 0.486 e. The van der Waals surface area contributed by atoms with E-state index in [9.17, 15) is 4.79 Å². The second-order valence-corrected chi connectivity index (χ2v) is 6.03. The summed E-state index contributed by atoms with van der Waals surface area (Å²) in [6.07, 6.45) is 0. The topological polar surface area (TPSA) is 63.7 Å². The van der Waals surface area contributed by atoms with Crippen molar-refractivity contribution in [3.8, 4) is 5.75 Å². The summed E-state index contributed by atoms with van der Waals surface area (Å²) in [6.45, 7) is 4.38. The predicted octanol–water partition coefficient (Wildman–Crippen LogP) is 2.90. The number of benzene rings is 1. The SMILES string of the molecule is CCNC(=O)N(CCOC)Cc1csc(COc2ccccc2)n1. The van der Waals surface area contributed by atoms with E-state index in [0.29, 0.717) is 32.8 Å². The van der Waals surface area contributed by atoms with E-state index in [2.05, 4.69) is 10.3 Å². The standard InChI is InChI=1S/C17H23N3O3S/c1-3-18-17(21)20(9-10-22-2)11-14-13-24-16(19-14)12-23-15-7-5-4-6-8-15/h4-8,13H,3,9-12H2,1-2H3,(H,18,21). The number of hydrogen-bond acceptors (Lipinski definition) is 5. The van der Waals surface area contributed by atoms with Gasteiger partial charge in [0, 0.05) is 25.6 Å². The number of para-hydroxylation sites is 1. The molecule has 0 atom stereocenters. The molecule has 1 aromatic carbocycles. The lowest BCUT2D eigenvalue weighted by molar-refractivity contribution is 0.146. The molecule has 2 amide bonds. The van der Waals surface area contributed by atoms with Crippen LogP contribution >= 0.6 is 11.3 Å². The minimum Gasteiger partial charge on any atom is -0.486 e. The molecule has 2 aromatic rings. The van der Waals surface area contributed by atoms with Crippen LogP contribution in [0.3, 0.4) is 0 Å². The van der Waals surface area contributed by atoms with E-state index >= 15 is 0 Å². The highest BCUT2D eigenvalue weighted by Crippen LogP contribution is 2.16. The number of ether oxygens (including phenoxy) is 2. The Morgan fingerprint density at radius 1 is 1.33 bits per heavy atom. The molecule has 1 N–H and O–H groups in total. The zero-order valence-electron chi connectivity index (χ0n) is 14.0. The lowest BCUT2D eigenvalue weighted by atomic mass is 10.3.